The fourth-order valence-electron chi connectivity index (χ4n) is 2.72. The summed E-state index contributed by atoms with van der Waals surface area (Å²) in [7, 11) is 0. The molecule has 3 rings (SSSR count). The van der Waals surface area contributed by atoms with E-state index in [0.29, 0.717) is 11.9 Å². The predicted molar refractivity (Wildman–Crippen MR) is 74.0 cm³/mol. The van der Waals surface area contributed by atoms with E-state index in [1.165, 1.54) is 10.5 Å². The summed E-state index contributed by atoms with van der Waals surface area (Å²) in [5.74, 6) is 1.27. The Kier molecular flexibility index (Phi) is 3.31. The monoisotopic (exact) mass is 262 g/mol. The van der Waals surface area contributed by atoms with E-state index in [0.717, 1.165) is 25.4 Å². The highest BCUT2D eigenvalue weighted by atomic mass is 32.2. The molecule has 1 N–H and O–H groups in total. The van der Waals surface area contributed by atoms with E-state index in [1.807, 2.05) is 17.0 Å². The van der Waals surface area contributed by atoms with Gasteiger partial charge in [0.25, 0.3) is 0 Å². The zero-order valence-corrected chi connectivity index (χ0v) is 11.4. The van der Waals surface area contributed by atoms with Crippen LogP contribution in [0, 0.1) is 0 Å². The van der Waals surface area contributed by atoms with Gasteiger partial charge in [-0.2, -0.15) is 0 Å². The van der Waals surface area contributed by atoms with E-state index < -0.39 is 0 Å². The average molecular weight is 262 g/mol. The number of fused-ring (bicyclic) bond motifs is 1. The van der Waals surface area contributed by atoms with Gasteiger partial charge in [0, 0.05) is 36.3 Å². The fraction of sp³-hybridized carbons (Fsp3) is 0.500. The highest BCUT2D eigenvalue weighted by molar-refractivity contribution is 7.99. The first-order valence-corrected chi connectivity index (χ1v) is 7.48. The molecule has 0 saturated carbocycles. The summed E-state index contributed by atoms with van der Waals surface area (Å²) in [6, 6.07) is 8.71. The number of thioether (sulfide) groups is 1. The lowest BCUT2D eigenvalue weighted by Crippen LogP contribution is -2.52. The number of nitrogens with one attached hydrogen (secondary N) is 1. The molecule has 0 aromatic heterocycles. The van der Waals surface area contributed by atoms with Gasteiger partial charge in [0.1, 0.15) is 0 Å². The van der Waals surface area contributed by atoms with Crippen LogP contribution in [0.25, 0.3) is 0 Å². The van der Waals surface area contributed by atoms with E-state index in [2.05, 4.69) is 24.4 Å². The van der Waals surface area contributed by atoms with Crippen molar-refractivity contribution in [1.82, 2.24) is 10.2 Å². The van der Waals surface area contributed by atoms with Gasteiger partial charge in [-0.15, -0.1) is 11.8 Å². The van der Waals surface area contributed by atoms with Crippen LogP contribution in [-0.2, 0) is 4.79 Å². The SMILES string of the molecule is C[C@@H]1CN(C(=O)[C@H]2CSc3ccccc32)CCN1. The van der Waals surface area contributed by atoms with Gasteiger partial charge in [0.15, 0.2) is 0 Å². The van der Waals surface area contributed by atoms with Crippen LogP contribution >= 0.6 is 11.8 Å². The summed E-state index contributed by atoms with van der Waals surface area (Å²) >= 11 is 1.81. The van der Waals surface area contributed by atoms with Gasteiger partial charge in [-0.3, -0.25) is 4.79 Å². The van der Waals surface area contributed by atoms with Gasteiger partial charge in [-0.25, -0.2) is 0 Å². The summed E-state index contributed by atoms with van der Waals surface area (Å²) in [4.78, 5) is 15.9. The molecule has 96 valence electrons. The first-order chi connectivity index (χ1) is 8.75. The molecular weight excluding hydrogens is 244 g/mol. The Morgan fingerprint density at radius 3 is 3.11 bits per heavy atom. The lowest BCUT2D eigenvalue weighted by molar-refractivity contribution is -0.133. The van der Waals surface area contributed by atoms with Gasteiger partial charge in [-0.1, -0.05) is 18.2 Å². The highest BCUT2D eigenvalue weighted by Crippen LogP contribution is 2.40. The van der Waals surface area contributed by atoms with Crippen LogP contribution in [0.4, 0.5) is 0 Å². The second-order valence-electron chi connectivity index (χ2n) is 5.04. The van der Waals surface area contributed by atoms with Crippen molar-refractivity contribution >= 4 is 17.7 Å². The molecule has 0 spiro atoms. The van der Waals surface area contributed by atoms with Crippen LogP contribution in [0.15, 0.2) is 29.2 Å². The van der Waals surface area contributed by atoms with Gasteiger partial charge in [-0.05, 0) is 18.6 Å². The van der Waals surface area contributed by atoms with Crippen molar-refractivity contribution in [3.8, 4) is 0 Å². The van der Waals surface area contributed by atoms with E-state index in [4.69, 9.17) is 0 Å². The molecule has 0 aliphatic carbocycles. The summed E-state index contributed by atoms with van der Waals surface area (Å²) < 4.78 is 0. The van der Waals surface area contributed by atoms with Crippen LogP contribution in [0.5, 0.6) is 0 Å². The van der Waals surface area contributed by atoms with Gasteiger partial charge >= 0.3 is 0 Å². The molecule has 18 heavy (non-hydrogen) atoms. The summed E-state index contributed by atoms with van der Waals surface area (Å²) in [5.41, 5.74) is 1.22. The Labute approximate surface area is 112 Å². The van der Waals surface area contributed by atoms with Crippen LogP contribution in [0.1, 0.15) is 18.4 Å². The first kappa shape index (κ1) is 12.1. The average Bonchev–Trinajstić information content (AvgIpc) is 2.82. The number of amides is 1. The third-order valence-electron chi connectivity index (χ3n) is 3.68. The molecule has 0 bridgehead atoms. The Morgan fingerprint density at radius 1 is 1.44 bits per heavy atom. The maximum absolute atomic E-state index is 12.6. The number of rotatable bonds is 1. The number of nitrogens with zero attached hydrogens (tertiary/aromatic N) is 1. The lowest BCUT2D eigenvalue weighted by Gasteiger charge is -2.33. The standard InChI is InChI=1S/C14H18N2OS/c1-10-8-16(7-6-15-10)14(17)12-9-18-13-5-3-2-4-11(12)13/h2-5,10,12,15H,6-9H2,1H3/t10-,12+/m1/s1. The molecule has 1 amide bonds. The summed E-state index contributed by atoms with van der Waals surface area (Å²) in [6.07, 6.45) is 0. The van der Waals surface area contributed by atoms with Crippen LogP contribution in [-0.4, -0.2) is 42.2 Å². The zero-order valence-electron chi connectivity index (χ0n) is 10.6. The van der Waals surface area contributed by atoms with Crippen molar-refractivity contribution in [3.63, 3.8) is 0 Å². The molecule has 4 heteroatoms. The van der Waals surface area contributed by atoms with Crippen molar-refractivity contribution < 1.29 is 4.79 Å². The maximum atomic E-state index is 12.6. The van der Waals surface area contributed by atoms with Crippen LogP contribution in [0.3, 0.4) is 0 Å². The highest BCUT2D eigenvalue weighted by Gasteiger charge is 2.33. The fourth-order valence-corrected chi connectivity index (χ4v) is 3.94. The molecule has 2 heterocycles. The molecular formula is C14H18N2OS. The Bertz CT molecular complexity index is 463. The van der Waals surface area contributed by atoms with Gasteiger partial charge in [0.05, 0.1) is 5.92 Å². The van der Waals surface area contributed by atoms with Crippen molar-refractivity contribution in [3.05, 3.63) is 29.8 Å². The molecule has 1 aromatic carbocycles. The minimum atomic E-state index is 0.0662. The molecule has 2 atom stereocenters. The largest absolute Gasteiger partial charge is 0.339 e. The molecule has 2 aliphatic rings. The van der Waals surface area contributed by atoms with Crippen molar-refractivity contribution in [2.24, 2.45) is 0 Å². The Balaban J connectivity index is 1.78. The molecule has 1 fully saturated rings. The number of carbonyl (C=O) groups excluding carboxylic acids is 1. The number of hydrogen-bond donors (Lipinski definition) is 1. The second-order valence-corrected chi connectivity index (χ2v) is 6.10. The topological polar surface area (TPSA) is 32.3 Å². The van der Waals surface area contributed by atoms with Gasteiger partial charge < -0.3 is 10.2 Å². The zero-order chi connectivity index (χ0) is 12.5. The van der Waals surface area contributed by atoms with E-state index >= 15 is 0 Å². The summed E-state index contributed by atoms with van der Waals surface area (Å²) in [5, 5.41) is 3.38. The third-order valence-corrected chi connectivity index (χ3v) is 4.86. The molecule has 1 aromatic rings. The predicted octanol–water partition coefficient (Wildman–Crippen LogP) is 1.70. The number of benzene rings is 1. The van der Waals surface area contributed by atoms with E-state index in [-0.39, 0.29) is 5.92 Å². The Hall–Kier alpha value is -1.00. The minimum Gasteiger partial charge on any atom is -0.339 e. The molecule has 2 aliphatic heterocycles. The van der Waals surface area contributed by atoms with Gasteiger partial charge in [0.2, 0.25) is 5.91 Å². The normalized spacial score (nSPS) is 27.1. The van der Waals surface area contributed by atoms with E-state index in [1.54, 1.807) is 11.8 Å². The number of piperazine rings is 1. The van der Waals surface area contributed by atoms with Crippen molar-refractivity contribution in [2.45, 2.75) is 23.8 Å². The quantitative estimate of drug-likeness (QED) is 0.836. The molecule has 0 unspecified atom stereocenters. The number of carbonyl (C=O) groups is 1. The molecule has 1 saturated heterocycles. The molecule has 3 nitrogen and oxygen atoms in total. The first-order valence-electron chi connectivity index (χ1n) is 6.49. The number of hydrogen-bond acceptors (Lipinski definition) is 3. The summed E-state index contributed by atoms with van der Waals surface area (Å²) in [6.45, 7) is 4.72. The maximum Gasteiger partial charge on any atom is 0.231 e. The molecule has 0 radical (unpaired) electrons. The third kappa shape index (κ3) is 2.15. The minimum absolute atomic E-state index is 0.0662. The smallest absolute Gasteiger partial charge is 0.231 e. The van der Waals surface area contributed by atoms with Crippen molar-refractivity contribution in [2.75, 3.05) is 25.4 Å². The van der Waals surface area contributed by atoms with Crippen LogP contribution in [0.2, 0.25) is 0 Å². The van der Waals surface area contributed by atoms with Crippen LogP contribution < -0.4 is 5.32 Å². The van der Waals surface area contributed by atoms with E-state index in [9.17, 15) is 4.79 Å². The second kappa shape index (κ2) is 4.94. The Morgan fingerprint density at radius 2 is 2.28 bits per heavy atom. The van der Waals surface area contributed by atoms with Crippen molar-refractivity contribution in [1.29, 1.82) is 0 Å². The lowest BCUT2D eigenvalue weighted by atomic mass is 9.99.